The van der Waals surface area contributed by atoms with Crippen LogP contribution in [0.4, 0.5) is 0 Å². The lowest BCUT2D eigenvalue weighted by molar-refractivity contribution is -0.0809. The van der Waals surface area contributed by atoms with Gasteiger partial charge in [0, 0.05) is 31.1 Å². The van der Waals surface area contributed by atoms with E-state index in [1.165, 1.54) is 0 Å². The molecule has 1 fully saturated rings. The molecule has 1 aliphatic heterocycles. The van der Waals surface area contributed by atoms with Crippen molar-refractivity contribution in [1.29, 1.82) is 0 Å². The van der Waals surface area contributed by atoms with Crippen molar-refractivity contribution in [3.8, 4) is 5.75 Å². The zero-order valence-electron chi connectivity index (χ0n) is 12.5. The summed E-state index contributed by atoms with van der Waals surface area (Å²) in [4.78, 5) is 4.22. The van der Waals surface area contributed by atoms with Crippen molar-refractivity contribution in [3.05, 3.63) is 24.0 Å². The standard InChI is InChI=1S/C15H24N2O3/c1-4-5-13(16-2)15(18-3)12-8-17-7-6-14(12)20-11-9-19-10-11/h6-8,11,13,15-16H,4-5,9-10H2,1-3H3. The molecule has 2 unspecified atom stereocenters. The minimum Gasteiger partial charge on any atom is -0.485 e. The van der Waals surface area contributed by atoms with Crippen LogP contribution >= 0.6 is 0 Å². The maximum atomic E-state index is 5.96. The fourth-order valence-corrected chi connectivity index (χ4v) is 2.44. The first kappa shape index (κ1) is 15.2. The monoisotopic (exact) mass is 280 g/mol. The Hall–Kier alpha value is -1.17. The second-order valence-corrected chi connectivity index (χ2v) is 5.03. The van der Waals surface area contributed by atoms with Gasteiger partial charge in [-0.05, 0) is 19.5 Å². The highest BCUT2D eigenvalue weighted by atomic mass is 16.6. The van der Waals surface area contributed by atoms with E-state index >= 15 is 0 Å². The lowest BCUT2D eigenvalue weighted by atomic mass is 9.99. The van der Waals surface area contributed by atoms with Gasteiger partial charge in [0.25, 0.3) is 0 Å². The fraction of sp³-hybridized carbons (Fsp3) is 0.667. The lowest BCUT2D eigenvalue weighted by Gasteiger charge is -2.31. The number of ether oxygens (including phenoxy) is 3. The Balaban J connectivity index is 2.18. The normalized spacial score (nSPS) is 18.4. The van der Waals surface area contributed by atoms with Crippen LogP contribution < -0.4 is 10.1 Å². The van der Waals surface area contributed by atoms with E-state index < -0.39 is 0 Å². The summed E-state index contributed by atoms with van der Waals surface area (Å²) in [6, 6.07) is 2.15. The van der Waals surface area contributed by atoms with Gasteiger partial charge in [0.2, 0.25) is 0 Å². The summed E-state index contributed by atoms with van der Waals surface area (Å²) >= 11 is 0. The number of pyridine rings is 1. The van der Waals surface area contributed by atoms with Crippen LogP contribution in [0.15, 0.2) is 18.5 Å². The minimum atomic E-state index is -0.0651. The number of nitrogens with one attached hydrogen (secondary N) is 1. The molecule has 1 aromatic heterocycles. The number of rotatable bonds is 8. The number of methoxy groups -OCH3 is 1. The first-order chi connectivity index (χ1) is 9.80. The van der Waals surface area contributed by atoms with Gasteiger partial charge in [-0.15, -0.1) is 0 Å². The molecular weight excluding hydrogens is 256 g/mol. The predicted molar refractivity (Wildman–Crippen MR) is 77.0 cm³/mol. The van der Waals surface area contributed by atoms with Crippen LogP contribution in [0, 0.1) is 0 Å². The third-order valence-electron chi connectivity index (χ3n) is 3.61. The molecule has 20 heavy (non-hydrogen) atoms. The van der Waals surface area contributed by atoms with E-state index in [1.54, 1.807) is 13.3 Å². The molecule has 0 saturated carbocycles. The molecule has 0 radical (unpaired) electrons. The van der Waals surface area contributed by atoms with Crippen molar-refractivity contribution in [2.24, 2.45) is 0 Å². The molecule has 5 heteroatoms. The van der Waals surface area contributed by atoms with Crippen molar-refractivity contribution >= 4 is 0 Å². The minimum absolute atomic E-state index is 0.0651. The number of aromatic nitrogens is 1. The molecule has 0 amide bonds. The predicted octanol–water partition coefficient (Wildman–Crippen LogP) is 1.93. The summed E-state index contributed by atoms with van der Waals surface area (Å²) < 4.78 is 16.8. The quantitative estimate of drug-likeness (QED) is 0.788. The molecule has 5 nitrogen and oxygen atoms in total. The molecule has 2 rings (SSSR count). The van der Waals surface area contributed by atoms with Gasteiger partial charge in [0.15, 0.2) is 0 Å². The zero-order valence-corrected chi connectivity index (χ0v) is 12.5. The average Bonchev–Trinajstić information content (AvgIpc) is 2.44. The van der Waals surface area contributed by atoms with E-state index in [0.717, 1.165) is 24.2 Å². The van der Waals surface area contributed by atoms with Crippen molar-refractivity contribution in [2.75, 3.05) is 27.4 Å². The number of hydrogen-bond acceptors (Lipinski definition) is 5. The van der Waals surface area contributed by atoms with Crippen LogP contribution in [0.1, 0.15) is 31.4 Å². The fourth-order valence-electron chi connectivity index (χ4n) is 2.44. The van der Waals surface area contributed by atoms with Crippen LogP contribution in [0.3, 0.4) is 0 Å². The van der Waals surface area contributed by atoms with Gasteiger partial charge in [-0.1, -0.05) is 13.3 Å². The zero-order chi connectivity index (χ0) is 14.4. The van der Waals surface area contributed by atoms with E-state index in [4.69, 9.17) is 14.2 Å². The average molecular weight is 280 g/mol. The third kappa shape index (κ3) is 3.48. The second kappa shape index (κ2) is 7.57. The molecule has 1 aliphatic rings. The molecule has 1 saturated heterocycles. The Labute approximate surface area is 120 Å². The highest BCUT2D eigenvalue weighted by molar-refractivity contribution is 5.33. The molecule has 2 heterocycles. The van der Waals surface area contributed by atoms with E-state index in [0.29, 0.717) is 13.2 Å². The van der Waals surface area contributed by atoms with Crippen molar-refractivity contribution in [1.82, 2.24) is 10.3 Å². The number of nitrogens with zero attached hydrogens (tertiary/aromatic N) is 1. The second-order valence-electron chi connectivity index (χ2n) is 5.03. The topological polar surface area (TPSA) is 52.6 Å². The van der Waals surface area contributed by atoms with Gasteiger partial charge in [-0.25, -0.2) is 0 Å². The Morgan fingerprint density at radius 1 is 1.50 bits per heavy atom. The molecule has 1 N–H and O–H groups in total. The summed E-state index contributed by atoms with van der Waals surface area (Å²) in [6.07, 6.45) is 5.80. The van der Waals surface area contributed by atoms with Gasteiger partial charge in [0.1, 0.15) is 18.0 Å². The van der Waals surface area contributed by atoms with Crippen LogP contribution in [-0.4, -0.2) is 44.5 Å². The molecule has 0 aliphatic carbocycles. The maximum absolute atomic E-state index is 5.96. The van der Waals surface area contributed by atoms with Crippen LogP contribution in [-0.2, 0) is 9.47 Å². The maximum Gasteiger partial charge on any atom is 0.145 e. The van der Waals surface area contributed by atoms with Gasteiger partial charge in [-0.2, -0.15) is 0 Å². The highest BCUT2D eigenvalue weighted by Crippen LogP contribution is 2.31. The number of likely N-dealkylation sites (N-methyl/N-ethyl adjacent to an activating group) is 1. The molecule has 2 atom stereocenters. The van der Waals surface area contributed by atoms with Crippen LogP contribution in [0.25, 0.3) is 0 Å². The Kier molecular flexibility index (Phi) is 5.76. The van der Waals surface area contributed by atoms with Crippen molar-refractivity contribution in [2.45, 2.75) is 38.0 Å². The van der Waals surface area contributed by atoms with E-state index in [-0.39, 0.29) is 18.2 Å². The first-order valence-corrected chi connectivity index (χ1v) is 7.18. The summed E-state index contributed by atoms with van der Waals surface area (Å²) in [5.74, 6) is 0.844. The van der Waals surface area contributed by atoms with E-state index in [9.17, 15) is 0 Å². The number of hydrogen-bond donors (Lipinski definition) is 1. The first-order valence-electron chi connectivity index (χ1n) is 7.18. The smallest absolute Gasteiger partial charge is 0.145 e. The van der Waals surface area contributed by atoms with Crippen molar-refractivity contribution in [3.63, 3.8) is 0 Å². The van der Waals surface area contributed by atoms with Gasteiger partial charge < -0.3 is 19.5 Å². The van der Waals surface area contributed by atoms with Gasteiger partial charge in [-0.3, -0.25) is 4.98 Å². The molecule has 1 aromatic rings. The summed E-state index contributed by atoms with van der Waals surface area (Å²) in [5, 5.41) is 3.33. The molecule has 0 aromatic carbocycles. The van der Waals surface area contributed by atoms with E-state index in [2.05, 4.69) is 17.2 Å². The Bertz CT molecular complexity index is 410. The SMILES string of the molecule is CCCC(NC)C(OC)c1cnccc1OC1COC1. The molecule has 112 valence electrons. The third-order valence-corrected chi connectivity index (χ3v) is 3.61. The summed E-state index contributed by atoms with van der Waals surface area (Å²) in [5.41, 5.74) is 0.995. The largest absolute Gasteiger partial charge is 0.485 e. The Morgan fingerprint density at radius 3 is 2.85 bits per heavy atom. The highest BCUT2D eigenvalue weighted by Gasteiger charge is 2.27. The van der Waals surface area contributed by atoms with E-state index in [1.807, 2.05) is 19.3 Å². The van der Waals surface area contributed by atoms with Crippen LogP contribution in [0.2, 0.25) is 0 Å². The van der Waals surface area contributed by atoms with Crippen LogP contribution in [0.5, 0.6) is 5.75 Å². The summed E-state index contributed by atoms with van der Waals surface area (Å²) in [7, 11) is 3.69. The summed E-state index contributed by atoms with van der Waals surface area (Å²) in [6.45, 7) is 3.48. The molecule has 0 spiro atoms. The molecular formula is C15H24N2O3. The lowest BCUT2D eigenvalue weighted by Crippen LogP contribution is -2.39. The van der Waals surface area contributed by atoms with Crippen molar-refractivity contribution < 1.29 is 14.2 Å². The van der Waals surface area contributed by atoms with Gasteiger partial charge in [0.05, 0.1) is 13.2 Å². The molecule has 0 bridgehead atoms. The van der Waals surface area contributed by atoms with Gasteiger partial charge >= 0.3 is 0 Å². The Morgan fingerprint density at radius 2 is 2.30 bits per heavy atom.